The number of ether oxygens (including phenoxy) is 1. The van der Waals surface area contributed by atoms with Crippen molar-refractivity contribution in [1.29, 1.82) is 0 Å². The molecule has 1 aliphatic heterocycles. The number of halogens is 1. The van der Waals surface area contributed by atoms with Crippen LogP contribution in [0.2, 0.25) is 5.15 Å². The molecule has 0 bridgehead atoms. The number of fused-ring (bicyclic) bond motifs is 1. The Morgan fingerprint density at radius 2 is 2.04 bits per heavy atom. The molecule has 1 unspecified atom stereocenters. The molecule has 0 fully saturated rings. The van der Waals surface area contributed by atoms with Crippen LogP contribution in [0.3, 0.4) is 0 Å². The van der Waals surface area contributed by atoms with Gasteiger partial charge in [-0.05, 0) is 11.6 Å². The highest BCUT2D eigenvalue weighted by molar-refractivity contribution is 6.29. The Morgan fingerprint density at radius 3 is 2.69 bits per heavy atom. The lowest BCUT2D eigenvalue weighted by Gasteiger charge is -2.16. The molecule has 1 aromatic carbocycles. The van der Waals surface area contributed by atoms with E-state index in [-0.39, 0.29) is 11.6 Å². The molecule has 26 heavy (non-hydrogen) atoms. The summed E-state index contributed by atoms with van der Waals surface area (Å²) in [5.41, 5.74) is 2.23. The van der Waals surface area contributed by atoms with Crippen LogP contribution in [-0.2, 0) is 7.05 Å². The largest absolute Gasteiger partial charge is 0.471 e. The summed E-state index contributed by atoms with van der Waals surface area (Å²) in [6, 6.07) is 13.2. The van der Waals surface area contributed by atoms with Gasteiger partial charge in [-0.25, -0.2) is 9.78 Å². The summed E-state index contributed by atoms with van der Waals surface area (Å²) in [5.74, 6) is 1.23. The molecule has 1 N–H and O–H groups in total. The van der Waals surface area contributed by atoms with E-state index in [1.165, 1.54) is 0 Å². The quantitative estimate of drug-likeness (QED) is 0.569. The third-order valence-electron chi connectivity index (χ3n) is 4.65. The van der Waals surface area contributed by atoms with Gasteiger partial charge in [-0.15, -0.1) is 0 Å². The second-order valence-corrected chi connectivity index (χ2v) is 6.51. The van der Waals surface area contributed by atoms with Crippen LogP contribution in [0.4, 0.5) is 5.95 Å². The van der Waals surface area contributed by atoms with E-state index < -0.39 is 0 Å². The lowest BCUT2D eigenvalue weighted by atomic mass is 10.1. The molecule has 0 radical (unpaired) electrons. The molecule has 0 spiro atoms. The van der Waals surface area contributed by atoms with Gasteiger partial charge in [-0.3, -0.25) is 5.32 Å². The normalized spacial score (nSPS) is 15.4. The second kappa shape index (κ2) is 6.46. The number of aromatic nitrogens is 3. The van der Waals surface area contributed by atoms with Crippen molar-refractivity contribution in [2.45, 2.75) is 6.04 Å². The van der Waals surface area contributed by atoms with Gasteiger partial charge in [0.25, 0.3) is 5.88 Å². The number of nitrogens with one attached hydrogen (secondary N) is 1. The third kappa shape index (κ3) is 2.54. The van der Waals surface area contributed by atoms with Crippen LogP contribution in [0, 0.1) is 0 Å². The average molecular weight is 370 g/mol. The Kier molecular flexibility index (Phi) is 4.12. The number of methoxy groups -OCH3 is 1. The maximum absolute atomic E-state index is 13.0. The van der Waals surface area contributed by atoms with E-state index in [4.69, 9.17) is 16.3 Å². The zero-order chi connectivity index (χ0) is 18.3. The van der Waals surface area contributed by atoms with E-state index in [9.17, 15) is 4.79 Å². The molecule has 3 aromatic rings. The van der Waals surface area contributed by atoms with Crippen molar-refractivity contribution >= 4 is 17.5 Å². The molecule has 2 aromatic heterocycles. The second-order valence-electron chi connectivity index (χ2n) is 6.12. The minimum atomic E-state index is -0.110. The van der Waals surface area contributed by atoms with E-state index in [1.807, 2.05) is 41.0 Å². The Labute approximate surface area is 155 Å². The number of pyridine rings is 1. The Bertz CT molecular complexity index is 1020. The molecule has 3 heterocycles. The van der Waals surface area contributed by atoms with Crippen molar-refractivity contribution in [3.05, 3.63) is 69.7 Å². The van der Waals surface area contributed by atoms with Crippen LogP contribution < -0.4 is 20.2 Å². The van der Waals surface area contributed by atoms with Crippen molar-refractivity contribution in [3.8, 4) is 17.0 Å². The van der Waals surface area contributed by atoms with E-state index in [0.29, 0.717) is 29.1 Å². The van der Waals surface area contributed by atoms with E-state index in [0.717, 1.165) is 11.1 Å². The number of anilines is 1. The third-order valence-corrected chi connectivity index (χ3v) is 4.88. The molecule has 132 valence electrons. The first-order valence-electron chi connectivity index (χ1n) is 8.25. The first-order valence-corrected chi connectivity index (χ1v) is 8.63. The van der Waals surface area contributed by atoms with E-state index in [1.54, 1.807) is 31.0 Å². The molecule has 1 aliphatic rings. The molecular formula is C19H18ClN4O2+. The number of benzene rings is 1. The van der Waals surface area contributed by atoms with Crippen molar-refractivity contribution < 1.29 is 9.30 Å². The zero-order valence-electron chi connectivity index (χ0n) is 14.4. The number of nitrogens with zero attached hydrogens (tertiary/aromatic N) is 3. The fourth-order valence-corrected chi connectivity index (χ4v) is 3.52. The SMILES string of the molecule is COc1c(-c2ccccc2)c(=O)[n+](C)c2n1C(c1ccc(Cl)nc1)CN2. The number of rotatable bonds is 3. The number of hydrogen-bond acceptors (Lipinski definition) is 4. The van der Waals surface area contributed by atoms with Gasteiger partial charge in [0, 0.05) is 11.8 Å². The lowest BCUT2D eigenvalue weighted by molar-refractivity contribution is -0.674. The fraction of sp³-hybridized carbons (Fsp3) is 0.211. The summed E-state index contributed by atoms with van der Waals surface area (Å²) < 4.78 is 9.34. The average Bonchev–Trinajstić information content (AvgIpc) is 3.11. The smallest absolute Gasteiger partial charge is 0.363 e. The van der Waals surface area contributed by atoms with Crippen LogP contribution in [0.15, 0.2) is 53.5 Å². The van der Waals surface area contributed by atoms with E-state index >= 15 is 0 Å². The van der Waals surface area contributed by atoms with Crippen molar-refractivity contribution in [2.75, 3.05) is 19.0 Å². The standard InChI is InChI=1S/C19H17ClN4O2/c1-23-17(25)16(12-6-4-3-5-7-12)18(26-2)24-14(11-22-19(23)24)13-8-9-15(20)21-10-13/h3-10,14H,11H2,1-2H3/p+1. The Hall–Kier alpha value is -2.86. The molecular weight excluding hydrogens is 352 g/mol. The van der Waals surface area contributed by atoms with Crippen LogP contribution in [-0.4, -0.2) is 23.2 Å². The highest BCUT2D eigenvalue weighted by Gasteiger charge is 2.38. The molecule has 0 aliphatic carbocycles. The van der Waals surface area contributed by atoms with Gasteiger partial charge < -0.3 is 4.74 Å². The Morgan fingerprint density at radius 1 is 1.27 bits per heavy atom. The highest BCUT2D eigenvalue weighted by atomic mass is 35.5. The van der Waals surface area contributed by atoms with Gasteiger partial charge in [-0.1, -0.05) is 48.0 Å². The maximum atomic E-state index is 13.0. The maximum Gasteiger partial charge on any atom is 0.363 e. The Balaban J connectivity index is 1.98. The molecule has 0 saturated heterocycles. The lowest BCUT2D eigenvalue weighted by Crippen LogP contribution is -2.50. The summed E-state index contributed by atoms with van der Waals surface area (Å²) in [4.78, 5) is 17.2. The molecule has 0 amide bonds. The van der Waals surface area contributed by atoms with Gasteiger partial charge in [-0.2, -0.15) is 9.13 Å². The highest BCUT2D eigenvalue weighted by Crippen LogP contribution is 2.36. The van der Waals surface area contributed by atoms with Gasteiger partial charge in [0.2, 0.25) is 0 Å². The molecule has 4 rings (SSSR count). The molecule has 7 heteroatoms. The van der Waals surface area contributed by atoms with Crippen LogP contribution in [0.5, 0.6) is 5.88 Å². The van der Waals surface area contributed by atoms with Crippen LogP contribution in [0.25, 0.3) is 11.1 Å². The van der Waals surface area contributed by atoms with Crippen molar-refractivity contribution in [3.63, 3.8) is 0 Å². The minimum Gasteiger partial charge on any atom is -0.471 e. The van der Waals surface area contributed by atoms with Gasteiger partial charge in [0.1, 0.15) is 23.3 Å². The predicted molar refractivity (Wildman–Crippen MR) is 99.7 cm³/mol. The molecule has 1 atom stereocenters. The molecule has 0 saturated carbocycles. The topological polar surface area (TPSA) is 60.0 Å². The van der Waals surface area contributed by atoms with Crippen molar-refractivity contribution in [1.82, 2.24) is 9.55 Å². The summed E-state index contributed by atoms with van der Waals surface area (Å²) >= 11 is 5.92. The summed E-state index contributed by atoms with van der Waals surface area (Å²) in [7, 11) is 3.35. The number of hydrogen-bond donors (Lipinski definition) is 1. The van der Waals surface area contributed by atoms with Gasteiger partial charge >= 0.3 is 11.5 Å². The van der Waals surface area contributed by atoms with Crippen LogP contribution in [0.1, 0.15) is 11.6 Å². The monoisotopic (exact) mass is 369 g/mol. The minimum absolute atomic E-state index is 0.0565. The van der Waals surface area contributed by atoms with E-state index in [2.05, 4.69) is 10.3 Å². The predicted octanol–water partition coefficient (Wildman–Crippen LogP) is 2.41. The van der Waals surface area contributed by atoms with Gasteiger partial charge in [0.05, 0.1) is 14.2 Å². The summed E-state index contributed by atoms with van der Waals surface area (Å²) in [5, 5.41) is 3.76. The first kappa shape index (κ1) is 16.6. The van der Waals surface area contributed by atoms with Gasteiger partial charge in [0.15, 0.2) is 0 Å². The summed E-state index contributed by atoms with van der Waals surface area (Å²) in [6.45, 7) is 0.630. The van der Waals surface area contributed by atoms with Crippen LogP contribution >= 0.6 is 11.6 Å². The van der Waals surface area contributed by atoms with Crippen molar-refractivity contribution in [2.24, 2.45) is 7.05 Å². The zero-order valence-corrected chi connectivity index (χ0v) is 15.2. The first-order chi connectivity index (χ1) is 12.6. The summed E-state index contributed by atoms with van der Waals surface area (Å²) in [6.07, 6.45) is 1.75. The molecule has 6 nitrogen and oxygen atoms in total. The fourth-order valence-electron chi connectivity index (χ4n) is 3.41.